The summed E-state index contributed by atoms with van der Waals surface area (Å²) in [5.74, 6) is 0. The Morgan fingerprint density at radius 1 is 1.43 bits per heavy atom. The van der Waals surface area contributed by atoms with Crippen molar-refractivity contribution in [2.24, 2.45) is 5.16 Å². The van der Waals surface area contributed by atoms with Crippen molar-refractivity contribution in [1.82, 2.24) is 4.98 Å². The third-order valence-corrected chi connectivity index (χ3v) is 2.44. The van der Waals surface area contributed by atoms with Crippen LogP contribution < -0.4 is 0 Å². The first-order valence-corrected chi connectivity index (χ1v) is 5.15. The van der Waals surface area contributed by atoms with Gasteiger partial charge in [0.2, 0.25) is 0 Å². The summed E-state index contributed by atoms with van der Waals surface area (Å²) in [6.45, 7) is 6.42. The highest BCUT2D eigenvalue weighted by molar-refractivity contribution is 8.00. The van der Waals surface area contributed by atoms with E-state index in [2.05, 4.69) is 30.9 Å². The van der Waals surface area contributed by atoms with Crippen LogP contribution in [0.3, 0.4) is 0 Å². The van der Waals surface area contributed by atoms with Crippen LogP contribution in [-0.2, 0) is 0 Å². The number of pyridine rings is 1. The molecule has 0 spiro atoms. The summed E-state index contributed by atoms with van der Waals surface area (Å²) in [6, 6.07) is 3.80. The zero-order valence-corrected chi connectivity index (χ0v) is 9.38. The smallest absolute Gasteiger partial charge is 0.0965 e. The molecule has 0 aliphatic heterocycles. The van der Waals surface area contributed by atoms with Crippen LogP contribution in [-0.4, -0.2) is 21.2 Å². The van der Waals surface area contributed by atoms with E-state index in [0.29, 0.717) is 0 Å². The van der Waals surface area contributed by atoms with Crippen LogP contribution in [0.25, 0.3) is 0 Å². The van der Waals surface area contributed by atoms with Crippen molar-refractivity contribution < 1.29 is 5.21 Å². The van der Waals surface area contributed by atoms with Crippen LogP contribution in [0.1, 0.15) is 26.3 Å². The molecule has 0 saturated heterocycles. The van der Waals surface area contributed by atoms with E-state index in [1.165, 1.54) is 6.21 Å². The van der Waals surface area contributed by atoms with Gasteiger partial charge in [-0.15, -0.1) is 11.8 Å². The van der Waals surface area contributed by atoms with Gasteiger partial charge in [-0.2, -0.15) is 0 Å². The van der Waals surface area contributed by atoms with Gasteiger partial charge >= 0.3 is 0 Å². The Balaban J connectivity index is 2.74. The maximum absolute atomic E-state index is 8.31. The first-order chi connectivity index (χ1) is 6.51. The van der Waals surface area contributed by atoms with Crippen LogP contribution in [0.5, 0.6) is 0 Å². The lowest BCUT2D eigenvalue weighted by molar-refractivity contribution is 0.322. The second-order valence-corrected chi connectivity index (χ2v) is 5.74. The second-order valence-electron chi connectivity index (χ2n) is 3.89. The molecule has 1 N–H and O–H groups in total. The van der Waals surface area contributed by atoms with E-state index in [0.717, 1.165) is 10.6 Å². The fraction of sp³-hybridized carbons (Fsp3) is 0.400. The molecule has 0 unspecified atom stereocenters. The fourth-order valence-electron chi connectivity index (χ4n) is 0.909. The molecule has 0 aliphatic carbocycles. The molecule has 1 rings (SSSR count). The average molecular weight is 210 g/mol. The van der Waals surface area contributed by atoms with Gasteiger partial charge in [0.05, 0.1) is 11.2 Å². The first-order valence-electron chi connectivity index (χ1n) is 4.34. The maximum atomic E-state index is 8.31. The monoisotopic (exact) mass is 210 g/mol. The number of hydrogen-bond acceptors (Lipinski definition) is 4. The summed E-state index contributed by atoms with van der Waals surface area (Å²) in [5.41, 5.74) is 0.797. The van der Waals surface area contributed by atoms with Gasteiger partial charge in [-0.3, -0.25) is 0 Å². The highest BCUT2D eigenvalue weighted by atomic mass is 32.2. The lowest BCUT2D eigenvalue weighted by atomic mass is 10.3. The van der Waals surface area contributed by atoms with E-state index in [1.54, 1.807) is 18.0 Å². The van der Waals surface area contributed by atoms with Crippen LogP contribution in [0.2, 0.25) is 0 Å². The Morgan fingerprint density at radius 3 is 2.57 bits per heavy atom. The lowest BCUT2D eigenvalue weighted by Gasteiger charge is -2.16. The molecule has 4 heteroatoms. The fourth-order valence-corrected chi connectivity index (χ4v) is 1.78. The molecule has 0 fully saturated rings. The minimum atomic E-state index is 0.166. The van der Waals surface area contributed by atoms with Crippen LogP contribution in [0.15, 0.2) is 28.5 Å². The molecule has 0 aliphatic rings. The quantitative estimate of drug-likeness (QED) is 0.353. The molecule has 0 aromatic carbocycles. The molecule has 0 saturated carbocycles. The van der Waals surface area contributed by atoms with Gasteiger partial charge in [0.25, 0.3) is 0 Å². The first kappa shape index (κ1) is 11.0. The number of nitrogens with zero attached hydrogens (tertiary/aromatic N) is 2. The second kappa shape index (κ2) is 4.46. The molecule has 0 radical (unpaired) electrons. The van der Waals surface area contributed by atoms with Gasteiger partial charge in [-0.05, 0) is 12.1 Å². The van der Waals surface area contributed by atoms with E-state index >= 15 is 0 Å². The van der Waals surface area contributed by atoms with Gasteiger partial charge in [0.15, 0.2) is 0 Å². The number of thioether (sulfide) groups is 1. The largest absolute Gasteiger partial charge is 0.411 e. The van der Waals surface area contributed by atoms with E-state index < -0.39 is 0 Å². The predicted octanol–water partition coefficient (Wildman–Crippen LogP) is 2.78. The number of oxime groups is 1. The highest BCUT2D eigenvalue weighted by Gasteiger charge is 2.12. The molecule has 0 amide bonds. The van der Waals surface area contributed by atoms with Gasteiger partial charge in [-0.25, -0.2) is 4.98 Å². The summed E-state index contributed by atoms with van der Waals surface area (Å²) >= 11 is 1.71. The van der Waals surface area contributed by atoms with Crippen molar-refractivity contribution in [2.75, 3.05) is 0 Å². The normalized spacial score (nSPS) is 12.2. The Kier molecular flexibility index (Phi) is 3.52. The third kappa shape index (κ3) is 3.79. The molecule has 1 aromatic heterocycles. The molecule has 76 valence electrons. The molecular formula is C10H14N2OS. The average Bonchev–Trinajstić information content (AvgIpc) is 2.06. The van der Waals surface area contributed by atoms with Crippen LogP contribution in [0.4, 0.5) is 0 Å². The number of aromatic nitrogens is 1. The lowest BCUT2D eigenvalue weighted by Crippen LogP contribution is -2.07. The van der Waals surface area contributed by atoms with E-state index in [9.17, 15) is 0 Å². The zero-order chi connectivity index (χ0) is 10.6. The summed E-state index contributed by atoms with van der Waals surface area (Å²) in [7, 11) is 0. The summed E-state index contributed by atoms with van der Waals surface area (Å²) in [5, 5.41) is 12.2. The van der Waals surface area contributed by atoms with Crippen molar-refractivity contribution in [3.63, 3.8) is 0 Å². The van der Waals surface area contributed by atoms with Gasteiger partial charge in [0.1, 0.15) is 0 Å². The molecular weight excluding hydrogens is 196 g/mol. The Bertz CT molecular complexity index is 314. The van der Waals surface area contributed by atoms with Gasteiger partial charge in [0, 0.05) is 16.5 Å². The Labute approximate surface area is 88.2 Å². The minimum Gasteiger partial charge on any atom is -0.411 e. The van der Waals surface area contributed by atoms with Gasteiger partial charge < -0.3 is 5.21 Å². The highest BCUT2D eigenvalue weighted by Crippen LogP contribution is 2.29. The predicted molar refractivity (Wildman–Crippen MR) is 59.2 cm³/mol. The van der Waals surface area contributed by atoms with Crippen molar-refractivity contribution in [3.8, 4) is 0 Å². The third-order valence-electron chi connectivity index (χ3n) is 1.38. The Morgan fingerprint density at radius 2 is 2.14 bits per heavy atom. The van der Waals surface area contributed by atoms with Crippen molar-refractivity contribution in [2.45, 2.75) is 30.5 Å². The molecule has 3 nitrogen and oxygen atoms in total. The summed E-state index contributed by atoms with van der Waals surface area (Å²) in [4.78, 5) is 4.24. The maximum Gasteiger partial charge on any atom is 0.0965 e. The van der Waals surface area contributed by atoms with E-state index in [1.807, 2.05) is 12.1 Å². The molecule has 1 aromatic rings. The summed E-state index contributed by atoms with van der Waals surface area (Å²) < 4.78 is 0.166. The number of rotatable bonds is 2. The minimum absolute atomic E-state index is 0.166. The number of hydrogen-bond donors (Lipinski definition) is 1. The topological polar surface area (TPSA) is 45.5 Å². The van der Waals surface area contributed by atoms with E-state index in [4.69, 9.17) is 5.21 Å². The summed E-state index contributed by atoms with van der Waals surface area (Å²) in [6.07, 6.45) is 3.05. The van der Waals surface area contributed by atoms with Crippen molar-refractivity contribution in [3.05, 3.63) is 23.9 Å². The molecule has 0 atom stereocenters. The molecule has 1 heterocycles. The Hall–Kier alpha value is -1.03. The van der Waals surface area contributed by atoms with Crippen LogP contribution >= 0.6 is 11.8 Å². The zero-order valence-electron chi connectivity index (χ0n) is 8.56. The van der Waals surface area contributed by atoms with Crippen LogP contribution in [0, 0.1) is 0 Å². The SMILES string of the molecule is CC(C)(C)Sc1ccc(/C=N\O)cn1. The standard InChI is InChI=1S/C10H14N2OS/c1-10(2,3)14-9-5-4-8(6-11-9)7-12-13/h4-7,13H,1-3H3/b12-7-. The van der Waals surface area contributed by atoms with Gasteiger partial charge in [-0.1, -0.05) is 25.9 Å². The van der Waals surface area contributed by atoms with E-state index in [-0.39, 0.29) is 4.75 Å². The van der Waals surface area contributed by atoms with Crippen molar-refractivity contribution in [1.29, 1.82) is 0 Å². The molecule has 14 heavy (non-hydrogen) atoms. The van der Waals surface area contributed by atoms with Crippen molar-refractivity contribution >= 4 is 18.0 Å². The molecule has 0 bridgehead atoms.